The molecular formula is C20H22FN5O2. The molecule has 2 aliphatic rings. The van der Waals surface area contributed by atoms with E-state index in [-0.39, 0.29) is 29.3 Å². The van der Waals surface area contributed by atoms with Crippen molar-refractivity contribution in [1.29, 1.82) is 0 Å². The highest BCUT2D eigenvalue weighted by Crippen LogP contribution is 2.46. The number of fused-ring (bicyclic) bond motifs is 1. The van der Waals surface area contributed by atoms with Crippen molar-refractivity contribution in [2.24, 2.45) is 0 Å². The van der Waals surface area contributed by atoms with E-state index in [0.717, 1.165) is 23.3 Å². The highest BCUT2D eigenvalue weighted by Gasteiger charge is 2.37. The van der Waals surface area contributed by atoms with Gasteiger partial charge in [-0.1, -0.05) is 0 Å². The number of ketones is 1. The molecule has 0 saturated heterocycles. The third kappa shape index (κ3) is 3.08. The van der Waals surface area contributed by atoms with Gasteiger partial charge in [0, 0.05) is 43.6 Å². The number of nitrogens with zero attached hydrogens (tertiary/aromatic N) is 4. The fourth-order valence-corrected chi connectivity index (χ4v) is 3.62. The minimum atomic E-state index is -0.486. The standard InChI is InChI=1S/C20H22FN5O2/c1-11(2)25-10-26(12(3)27)18-8-17(13-6-14(28)7-13)24-20(19(18)25)23-16-4-5-22-9-15(16)21/h4-5,8-9,11,13H,6-7,10H2,1-3H3,(H,22,23,24). The number of halogens is 1. The van der Waals surface area contributed by atoms with Crippen LogP contribution < -0.4 is 15.1 Å². The minimum Gasteiger partial charge on any atom is -0.346 e. The lowest BCUT2D eigenvalue weighted by Crippen LogP contribution is -2.37. The maximum absolute atomic E-state index is 14.2. The van der Waals surface area contributed by atoms with Gasteiger partial charge >= 0.3 is 0 Å². The van der Waals surface area contributed by atoms with Crippen LogP contribution in [0, 0.1) is 5.82 Å². The summed E-state index contributed by atoms with van der Waals surface area (Å²) in [7, 11) is 0. The van der Waals surface area contributed by atoms with Crippen LogP contribution >= 0.6 is 0 Å². The first-order valence-electron chi connectivity index (χ1n) is 9.33. The molecule has 1 amide bonds. The summed E-state index contributed by atoms with van der Waals surface area (Å²) in [5.41, 5.74) is 2.50. The van der Waals surface area contributed by atoms with E-state index in [2.05, 4.69) is 15.2 Å². The molecule has 1 saturated carbocycles. The molecule has 1 aliphatic carbocycles. The number of carbonyl (C=O) groups excluding carboxylic acids is 2. The molecule has 1 fully saturated rings. The fourth-order valence-electron chi connectivity index (χ4n) is 3.62. The first kappa shape index (κ1) is 18.3. The van der Waals surface area contributed by atoms with Gasteiger partial charge in [-0.05, 0) is 26.0 Å². The van der Waals surface area contributed by atoms with Crippen molar-refractivity contribution in [1.82, 2.24) is 9.97 Å². The summed E-state index contributed by atoms with van der Waals surface area (Å²) < 4.78 is 14.2. The topological polar surface area (TPSA) is 78.4 Å². The molecular weight excluding hydrogens is 361 g/mol. The third-order valence-corrected chi connectivity index (χ3v) is 5.26. The van der Waals surface area contributed by atoms with Gasteiger partial charge in [0.2, 0.25) is 5.91 Å². The molecule has 0 spiro atoms. The molecule has 28 heavy (non-hydrogen) atoms. The van der Waals surface area contributed by atoms with Crippen LogP contribution in [0.15, 0.2) is 24.5 Å². The van der Waals surface area contributed by atoms with Gasteiger partial charge in [-0.15, -0.1) is 0 Å². The molecule has 7 nitrogen and oxygen atoms in total. The number of rotatable bonds is 4. The second-order valence-electron chi connectivity index (χ2n) is 7.54. The predicted octanol–water partition coefficient (Wildman–Crippen LogP) is 3.34. The Morgan fingerprint density at radius 1 is 1.36 bits per heavy atom. The second kappa shape index (κ2) is 6.85. The zero-order valence-electron chi connectivity index (χ0n) is 16.1. The van der Waals surface area contributed by atoms with Gasteiger partial charge in [-0.3, -0.25) is 19.5 Å². The smallest absolute Gasteiger partial charge is 0.225 e. The summed E-state index contributed by atoms with van der Waals surface area (Å²) in [4.78, 5) is 36.0. The summed E-state index contributed by atoms with van der Waals surface area (Å²) in [5.74, 6) is 0.151. The van der Waals surface area contributed by atoms with Crippen LogP contribution in [0.4, 0.5) is 27.3 Å². The van der Waals surface area contributed by atoms with E-state index in [0.29, 0.717) is 25.3 Å². The Balaban J connectivity index is 1.85. The molecule has 0 radical (unpaired) electrons. The Hall–Kier alpha value is -3.03. The lowest BCUT2D eigenvalue weighted by Gasteiger charge is -2.27. The van der Waals surface area contributed by atoms with E-state index >= 15 is 0 Å². The molecule has 146 valence electrons. The van der Waals surface area contributed by atoms with E-state index in [9.17, 15) is 14.0 Å². The zero-order chi connectivity index (χ0) is 20.0. The number of Topliss-reactive ketones (excluding diaryl/α,β-unsaturated/α-hetero) is 1. The fraction of sp³-hybridized carbons (Fsp3) is 0.400. The number of amides is 1. The second-order valence-corrected chi connectivity index (χ2v) is 7.54. The van der Waals surface area contributed by atoms with Crippen LogP contribution in [0.1, 0.15) is 45.2 Å². The van der Waals surface area contributed by atoms with Gasteiger partial charge in [0.25, 0.3) is 0 Å². The van der Waals surface area contributed by atoms with Gasteiger partial charge in [0.15, 0.2) is 11.6 Å². The molecule has 0 atom stereocenters. The first-order chi connectivity index (χ1) is 13.3. The van der Waals surface area contributed by atoms with Crippen LogP contribution in [0.25, 0.3) is 0 Å². The molecule has 8 heteroatoms. The van der Waals surface area contributed by atoms with E-state index < -0.39 is 5.82 Å². The van der Waals surface area contributed by atoms with Crippen molar-refractivity contribution in [2.75, 3.05) is 21.8 Å². The van der Waals surface area contributed by atoms with E-state index in [1.165, 1.54) is 13.1 Å². The van der Waals surface area contributed by atoms with Crippen molar-refractivity contribution >= 4 is 34.6 Å². The predicted molar refractivity (Wildman–Crippen MR) is 104 cm³/mol. The zero-order valence-corrected chi connectivity index (χ0v) is 16.1. The normalized spacial score (nSPS) is 16.4. The lowest BCUT2D eigenvalue weighted by molar-refractivity contribution is -0.124. The van der Waals surface area contributed by atoms with Crippen molar-refractivity contribution in [3.8, 4) is 0 Å². The lowest BCUT2D eigenvalue weighted by atomic mass is 9.81. The summed E-state index contributed by atoms with van der Waals surface area (Å²) in [6, 6.07) is 3.55. The van der Waals surface area contributed by atoms with Crippen LogP contribution in [-0.2, 0) is 9.59 Å². The highest BCUT2D eigenvalue weighted by molar-refractivity contribution is 6.02. The average Bonchev–Trinajstić information content (AvgIpc) is 3.01. The van der Waals surface area contributed by atoms with Crippen LogP contribution in [-0.4, -0.2) is 34.4 Å². The maximum Gasteiger partial charge on any atom is 0.225 e. The first-order valence-corrected chi connectivity index (χ1v) is 9.33. The van der Waals surface area contributed by atoms with Crippen LogP contribution in [0.2, 0.25) is 0 Å². The third-order valence-electron chi connectivity index (χ3n) is 5.26. The monoisotopic (exact) mass is 383 g/mol. The molecule has 2 aromatic heterocycles. The molecule has 0 bridgehead atoms. The Kier molecular flexibility index (Phi) is 4.49. The number of hydrogen-bond donors (Lipinski definition) is 1. The largest absolute Gasteiger partial charge is 0.346 e. The number of pyridine rings is 2. The number of hydrogen-bond acceptors (Lipinski definition) is 6. The van der Waals surface area contributed by atoms with Gasteiger partial charge in [0.05, 0.1) is 24.2 Å². The Morgan fingerprint density at radius 2 is 2.11 bits per heavy atom. The molecule has 1 N–H and O–H groups in total. The Bertz CT molecular complexity index is 954. The summed E-state index contributed by atoms with van der Waals surface area (Å²) in [6.45, 7) is 5.99. The average molecular weight is 383 g/mol. The SMILES string of the molecule is CC(=O)N1CN(C(C)C)c2c1cc(C1CC(=O)C1)nc2Nc1ccncc1F. The van der Waals surface area contributed by atoms with Crippen LogP contribution in [0.3, 0.4) is 0 Å². The van der Waals surface area contributed by atoms with Gasteiger partial charge in [-0.2, -0.15) is 0 Å². The summed E-state index contributed by atoms with van der Waals surface area (Å²) in [5, 5.41) is 3.08. The van der Waals surface area contributed by atoms with Crippen molar-refractivity contribution in [2.45, 2.75) is 45.6 Å². The maximum atomic E-state index is 14.2. The molecule has 0 unspecified atom stereocenters. The van der Waals surface area contributed by atoms with Gasteiger partial charge in [0.1, 0.15) is 11.5 Å². The molecule has 2 aromatic rings. The van der Waals surface area contributed by atoms with Gasteiger partial charge < -0.3 is 10.2 Å². The number of nitrogens with one attached hydrogen (secondary N) is 1. The molecule has 0 aromatic carbocycles. The van der Waals surface area contributed by atoms with E-state index in [1.807, 2.05) is 19.9 Å². The number of anilines is 4. The Labute approximate surface area is 162 Å². The molecule has 4 rings (SSSR count). The molecule has 3 heterocycles. The summed E-state index contributed by atoms with van der Waals surface area (Å²) >= 11 is 0. The van der Waals surface area contributed by atoms with Crippen molar-refractivity contribution in [3.05, 3.63) is 36.0 Å². The quantitative estimate of drug-likeness (QED) is 0.872. The minimum absolute atomic E-state index is 0.0301. The number of aromatic nitrogens is 2. The highest BCUT2D eigenvalue weighted by atomic mass is 19.1. The number of carbonyl (C=O) groups is 2. The van der Waals surface area contributed by atoms with Crippen molar-refractivity contribution in [3.63, 3.8) is 0 Å². The van der Waals surface area contributed by atoms with Gasteiger partial charge in [-0.25, -0.2) is 9.37 Å². The molecule has 1 aliphatic heterocycles. The summed E-state index contributed by atoms with van der Waals surface area (Å²) in [6.07, 6.45) is 3.53. The Morgan fingerprint density at radius 3 is 2.71 bits per heavy atom. The van der Waals surface area contributed by atoms with Crippen LogP contribution in [0.5, 0.6) is 0 Å². The van der Waals surface area contributed by atoms with Crippen molar-refractivity contribution < 1.29 is 14.0 Å². The van der Waals surface area contributed by atoms with E-state index in [4.69, 9.17) is 4.98 Å². The van der Waals surface area contributed by atoms with E-state index in [1.54, 1.807) is 11.0 Å².